The molecule has 0 aliphatic carbocycles. The van der Waals surface area contributed by atoms with Crippen LogP contribution in [0.2, 0.25) is 0 Å². The molecule has 1 aliphatic heterocycles. The molecule has 0 aromatic heterocycles. The summed E-state index contributed by atoms with van der Waals surface area (Å²) in [6.07, 6.45) is 50.8. The number of rotatable bonds is 39. The number of hydrogen-bond donors (Lipinski definition) is 3. The molecule has 13 heteroatoms. The molecule has 0 aromatic rings. The average Bonchev–Trinajstić information content (AvgIpc) is 3.99. The van der Waals surface area contributed by atoms with Crippen LogP contribution in [0.3, 0.4) is 0 Å². The number of phosphoric ester groups is 1. The van der Waals surface area contributed by atoms with Gasteiger partial charge in [-0.05, 0) is 96.3 Å². The van der Waals surface area contributed by atoms with Crippen LogP contribution >= 0.6 is 7.82 Å². The van der Waals surface area contributed by atoms with Gasteiger partial charge >= 0.3 is 25.7 Å². The van der Waals surface area contributed by atoms with E-state index in [0.29, 0.717) is 31.5 Å². The highest BCUT2D eigenvalue weighted by Gasteiger charge is 2.36. The minimum Gasteiger partial charge on any atom is -0.480 e. The molecule has 12 nitrogen and oxygen atoms in total. The van der Waals surface area contributed by atoms with Crippen LogP contribution in [0, 0.1) is 0 Å². The largest absolute Gasteiger partial charge is 0.480 e. The first-order valence-electron chi connectivity index (χ1n) is 22.4. The van der Waals surface area contributed by atoms with Crippen LogP contribution in [0.5, 0.6) is 0 Å². The molecular weight excluding hydrogens is 797 g/mol. The third-order valence-electron chi connectivity index (χ3n) is 9.22. The highest BCUT2D eigenvalue weighted by Crippen LogP contribution is 2.43. The predicted molar refractivity (Wildman–Crippen MR) is 244 cm³/mol. The van der Waals surface area contributed by atoms with Gasteiger partial charge in [-0.2, -0.15) is 0 Å². The summed E-state index contributed by atoms with van der Waals surface area (Å²) in [5.41, 5.74) is 5.33. The van der Waals surface area contributed by atoms with E-state index in [1.165, 1.54) is 19.3 Å². The summed E-state index contributed by atoms with van der Waals surface area (Å²) >= 11 is 0. The van der Waals surface area contributed by atoms with E-state index >= 15 is 0 Å². The highest BCUT2D eigenvalue weighted by atomic mass is 31.2. The first-order valence-corrected chi connectivity index (χ1v) is 23.9. The number of hydrogen-bond acceptors (Lipinski definition) is 10. The van der Waals surface area contributed by atoms with E-state index in [9.17, 15) is 23.8 Å². The lowest BCUT2D eigenvalue weighted by atomic mass is 10.1. The minimum absolute atomic E-state index is 0.101. The number of carboxylic acids is 1. The number of esters is 2. The van der Waals surface area contributed by atoms with E-state index in [1.54, 1.807) is 0 Å². The van der Waals surface area contributed by atoms with Crippen molar-refractivity contribution in [2.45, 2.75) is 167 Å². The molecule has 5 atom stereocenters. The summed E-state index contributed by atoms with van der Waals surface area (Å²) in [5, 5.41) is 8.90. The number of carbonyl (C=O) groups excluding carboxylic acids is 2. The van der Waals surface area contributed by atoms with E-state index in [1.807, 2.05) is 12.2 Å². The number of aliphatic carboxylic acids is 1. The van der Waals surface area contributed by atoms with Crippen LogP contribution in [-0.2, 0) is 42.2 Å². The standard InChI is InChI=1S/C48H76NO11P/c1-3-5-7-9-11-12-13-14-15-16-17-18-19-20-21-22-25-30-34-38-47(51)59-42(40-57-61(54,55)58-41-43(49)48(52)53)39-56-46(50)37-33-29-26-23-24-28-32-36-45-44(60-45)35-31-27-10-8-6-4-2/h5,7,11-12,14-15,17-18,20-21,23,26-28,31-32,42-45H,3-4,6,8-10,13,16,19,22,24-25,29-30,33-41,49H2,1-2H3,(H,52,53)(H,54,55)/b7-5-,12-11-,15-14-,18-17-,21-20-,26-23-,31-27-,32-28-/t42-,43+,44?,45?/m1/s1. The highest BCUT2D eigenvalue weighted by molar-refractivity contribution is 7.47. The lowest BCUT2D eigenvalue weighted by Gasteiger charge is -2.20. The van der Waals surface area contributed by atoms with Crippen molar-refractivity contribution in [3.8, 4) is 0 Å². The Kier molecular flexibility index (Phi) is 34.6. The lowest BCUT2D eigenvalue weighted by Crippen LogP contribution is -2.34. The fraction of sp³-hybridized carbons (Fsp3) is 0.604. The van der Waals surface area contributed by atoms with E-state index in [4.69, 9.17) is 29.6 Å². The Morgan fingerprint density at radius 2 is 1.08 bits per heavy atom. The molecular formula is C48H76NO11P. The van der Waals surface area contributed by atoms with Crippen LogP contribution in [0.1, 0.15) is 142 Å². The number of carbonyl (C=O) groups is 3. The van der Waals surface area contributed by atoms with Gasteiger partial charge in [-0.15, -0.1) is 0 Å². The summed E-state index contributed by atoms with van der Waals surface area (Å²) < 4.78 is 38.4. The second-order valence-electron chi connectivity index (χ2n) is 14.8. The second-order valence-corrected chi connectivity index (χ2v) is 16.3. The van der Waals surface area contributed by atoms with Crippen LogP contribution in [0.25, 0.3) is 0 Å². The van der Waals surface area contributed by atoms with Crippen molar-refractivity contribution in [2.75, 3.05) is 19.8 Å². The van der Waals surface area contributed by atoms with E-state index in [-0.39, 0.29) is 12.8 Å². The monoisotopic (exact) mass is 874 g/mol. The van der Waals surface area contributed by atoms with Gasteiger partial charge < -0.3 is 29.9 Å². The van der Waals surface area contributed by atoms with Crippen molar-refractivity contribution in [2.24, 2.45) is 5.73 Å². The number of carboxylic acid groups (broad SMARTS) is 1. The molecule has 1 saturated heterocycles. The van der Waals surface area contributed by atoms with Crippen LogP contribution in [0.4, 0.5) is 0 Å². The number of phosphoric acid groups is 1. The Morgan fingerprint density at radius 1 is 0.607 bits per heavy atom. The molecule has 344 valence electrons. The van der Waals surface area contributed by atoms with Crippen molar-refractivity contribution in [3.63, 3.8) is 0 Å². The molecule has 0 radical (unpaired) electrons. The van der Waals surface area contributed by atoms with Crippen molar-refractivity contribution in [1.29, 1.82) is 0 Å². The van der Waals surface area contributed by atoms with E-state index < -0.39 is 57.7 Å². The molecule has 61 heavy (non-hydrogen) atoms. The van der Waals surface area contributed by atoms with Gasteiger partial charge in [0.15, 0.2) is 6.10 Å². The summed E-state index contributed by atoms with van der Waals surface area (Å²) in [4.78, 5) is 46.0. The molecule has 0 saturated carbocycles. The molecule has 3 unspecified atom stereocenters. The van der Waals surface area contributed by atoms with Gasteiger partial charge in [0.25, 0.3) is 0 Å². The molecule has 0 amide bonds. The molecule has 1 aliphatic rings. The van der Waals surface area contributed by atoms with Crippen LogP contribution in [0.15, 0.2) is 97.2 Å². The summed E-state index contributed by atoms with van der Waals surface area (Å²) in [5.74, 6) is -2.52. The normalized spacial score (nSPS) is 17.9. The zero-order valence-electron chi connectivity index (χ0n) is 36.9. The number of epoxide rings is 1. The summed E-state index contributed by atoms with van der Waals surface area (Å²) in [6, 6.07) is -1.54. The SMILES string of the molecule is CC/C=C\C/C=C\C/C=C\C/C=C\C/C=C\CCCCCC(=O)O[C@H](COC(=O)CCC/C=C\C/C=C\CC1OC1C/C=C\CCCCC)COP(=O)(O)OC[C@H](N)C(=O)O. The van der Waals surface area contributed by atoms with Gasteiger partial charge in [0.05, 0.1) is 25.4 Å². The van der Waals surface area contributed by atoms with Crippen molar-refractivity contribution >= 4 is 25.7 Å². The van der Waals surface area contributed by atoms with Crippen LogP contribution in [-0.4, -0.2) is 72.1 Å². The number of allylic oxidation sites excluding steroid dienone is 14. The van der Waals surface area contributed by atoms with Gasteiger partial charge in [-0.25, -0.2) is 4.57 Å². The summed E-state index contributed by atoms with van der Waals surface area (Å²) in [6.45, 7) is 2.54. The fourth-order valence-electron chi connectivity index (χ4n) is 5.59. The Labute approximate surface area is 366 Å². The lowest BCUT2D eigenvalue weighted by molar-refractivity contribution is -0.161. The number of ether oxygens (including phenoxy) is 3. The fourth-order valence-corrected chi connectivity index (χ4v) is 6.37. The first-order chi connectivity index (χ1) is 29.6. The van der Waals surface area contributed by atoms with Crippen molar-refractivity contribution in [1.82, 2.24) is 0 Å². The number of unbranched alkanes of at least 4 members (excludes halogenated alkanes) is 7. The predicted octanol–water partition coefficient (Wildman–Crippen LogP) is 11.0. The molecule has 1 fully saturated rings. The van der Waals surface area contributed by atoms with Gasteiger partial charge in [0, 0.05) is 12.8 Å². The Bertz CT molecular complexity index is 1460. The average molecular weight is 874 g/mol. The van der Waals surface area contributed by atoms with Crippen molar-refractivity contribution < 1.29 is 52.2 Å². The maximum atomic E-state index is 12.6. The molecule has 0 bridgehead atoms. The Hall–Kier alpha value is -3.64. The smallest absolute Gasteiger partial charge is 0.472 e. The second kappa shape index (κ2) is 38.1. The zero-order chi connectivity index (χ0) is 44.7. The van der Waals surface area contributed by atoms with E-state index in [2.05, 4.69) is 103 Å². The van der Waals surface area contributed by atoms with Crippen molar-refractivity contribution in [3.05, 3.63) is 97.2 Å². The van der Waals surface area contributed by atoms with E-state index in [0.717, 1.165) is 77.0 Å². The molecule has 4 N–H and O–H groups in total. The quantitative estimate of drug-likeness (QED) is 0.0175. The molecule has 0 aromatic carbocycles. The maximum Gasteiger partial charge on any atom is 0.472 e. The molecule has 1 heterocycles. The molecule has 1 rings (SSSR count). The number of nitrogens with two attached hydrogens (primary N) is 1. The zero-order valence-corrected chi connectivity index (χ0v) is 37.8. The maximum absolute atomic E-state index is 12.6. The van der Waals surface area contributed by atoms with Gasteiger partial charge in [0.1, 0.15) is 12.6 Å². The third kappa shape index (κ3) is 35.6. The Morgan fingerprint density at radius 3 is 1.66 bits per heavy atom. The Balaban J connectivity index is 2.35. The van der Waals surface area contributed by atoms with Crippen LogP contribution < -0.4 is 5.73 Å². The topological polar surface area (TPSA) is 184 Å². The van der Waals surface area contributed by atoms with Gasteiger partial charge in [-0.3, -0.25) is 23.4 Å². The summed E-state index contributed by atoms with van der Waals surface area (Å²) in [7, 11) is -4.75. The third-order valence-corrected chi connectivity index (χ3v) is 10.2. The first kappa shape index (κ1) is 55.4. The van der Waals surface area contributed by atoms with Gasteiger partial charge in [0.2, 0.25) is 0 Å². The minimum atomic E-state index is -4.75. The molecule has 0 spiro atoms. The van der Waals surface area contributed by atoms with Gasteiger partial charge in [-0.1, -0.05) is 130 Å².